The van der Waals surface area contributed by atoms with Gasteiger partial charge in [0.05, 0.1) is 0 Å². The van der Waals surface area contributed by atoms with E-state index in [1.165, 1.54) is 6.39 Å². The predicted molar refractivity (Wildman–Crippen MR) is 59.1 cm³/mol. The monoisotopic (exact) mass is 216 g/mol. The standard InChI is InChI=1S/C12H12N2O2/c15-12(14-5-1-2-6-14)9-3-4-10-11(7-9)16-8-13-10/h3-4,7-8H,1-2,5-6H2. The maximum Gasteiger partial charge on any atom is 0.253 e. The molecule has 0 radical (unpaired) electrons. The molecule has 1 aliphatic rings. The van der Waals surface area contributed by atoms with Gasteiger partial charge in [-0.2, -0.15) is 0 Å². The van der Waals surface area contributed by atoms with Crippen LogP contribution in [0.1, 0.15) is 23.2 Å². The molecule has 2 heterocycles. The molecular formula is C12H12N2O2. The topological polar surface area (TPSA) is 46.3 Å². The summed E-state index contributed by atoms with van der Waals surface area (Å²) in [6, 6.07) is 5.40. The Balaban J connectivity index is 1.95. The quantitative estimate of drug-likeness (QED) is 0.733. The van der Waals surface area contributed by atoms with E-state index in [2.05, 4.69) is 4.98 Å². The molecule has 82 valence electrons. The van der Waals surface area contributed by atoms with Gasteiger partial charge in [0, 0.05) is 18.7 Å². The van der Waals surface area contributed by atoms with E-state index in [4.69, 9.17) is 4.42 Å². The molecule has 0 aliphatic carbocycles. The lowest BCUT2D eigenvalue weighted by Gasteiger charge is -2.14. The maximum atomic E-state index is 12.1. The third-order valence-electron chi connectivity index (χ3n) is 2.97. The Hall–Kier alpha value is -1.84. The number of nitrogens with zero attached hydrogens (tertiary/aromatic N) is 2. The Labute approximate surface area is 92.9 Å². The molecule has 3 rings (SSSR count). The first-order chi connectivity index (χ1) is 7.84. The van der Waals surface area contributed by atoms with E-state index in [1.54, 1.807) is 6.07 Å². The normalized spacial score (nSPS) is 15.9. The minimum absolute atomic E-state index is 0.0933. The van der Waals surface area contributed by atoms with Crippen LogP contribution in [0.15, 0.2) is 29.0 Å². The highest BCUT2D eigenvalue weighted by molar-refractivity contribution is 5.97. The smallest absolute Gasteiger partial charge is 0.253 e. The molecule has 0 atom stereocenters. The Bertz CT molecular complexity index is 527. The van der Waals surface area contributed by atoms with Crippen molar-refractivity contribution in [3.63, 3.8) is 0 Å². The van der Waals surface area contributed by atoms with E-state index in [0.717, 1.165) is 31.4 Å². The molecule has 1 fully saturated rings. The van der Waals surface area contributed by atoms with Gasteiger partial charge >= 0.3 is 0 Å². The molecule has 0 spiro atoms. The summed E-state index contributed by atoms with van der Waals surface area (Å²) < 4.78 is 5.19. The summed E-state index contributed by atoms with van der Waals surface area (Å²) in [4.78, 5) is 18.0. The van der Waals surface area contributed by atoms with Crippen LogP contribution in [0, 0.1) is 0 Å². The third-order valence-corrected chi connectivity index (χ3v) is 2.97. The number of benzene rings is 1. The van der Waals surface area contributed by atoms with Crippen LogP contribution in [-0.2, 0) is 0 Å². The second kappa shape index (κ2) is 3.63. The summed E-state index contributed by atoms with van der Waals surface area (Å²) in [7, 11) is 0. The van der Waals surface area contributed by atoms with Gasteiger partial charge in [0.25, 0.3) is 5.91 Å². The first kappa shape index (κ1) is 9.39. The highest BCUT2D eigenvalue weighted by atomic mass is 16.3. The van der Waals surface area contributed by atoms with Gasteiger partial charge in [0.15, 0.2) is 12.0 Å². The van der Waals surface area contributed by atoms with Crippen molar-refractivity contribution in [3.8, 4) is 0 Å². The summed E-state index contributed by atoms with van der Waals surface area (Å²) in [6.45, 7) is 1.74. The van der Waals surface area contributed by atoms with Crippen molar-refractivity contribution in [2.75, 3.05) is 13.1 Å². The number of carbonyl (C=O) groups is 1. The van der Waals surface area contributed by atoms with Crippen molar-refractivity contribution in [1.82, 2.24) is 9.88 Å². The lowest BCUT2D eigenvalue weighted by Crippen LogP contribution is -2.27. The van der Waals surface area contributed by atoms with Crippen LogP contribution in [-0.4, -0.2) is 28.9 Å². The van der Waals surface area contributed by atoms with E-state index < -0.39 is 0 Å². The molecular weight excluding hydrogens is 204 g/mol. The summed E-state index contributed by atoms with van der Waals surface area (Å²) >= 11 is 0. The van der Waals surface area contributed by atoms with Crippen LogP contribution in [0.4, 0.5) is 0 Å². The highest BCUT2D eigenvalue weighted by Gasteiger charge is 2.19. The van der Waals surface area contributed by atoms with Crippen LogP contribution in [0.25, 0.3) is 11.1 Å². The molecule has 1 aromatic heterocycles. The van der Waals surface area contributed by atoms with Gasteiger partial charge < -0.3 is 9.32 Å². The fourth-order valence-electron chi connectivity index (χ4n) is 2.09. The van der Waals surface area contributed by atoms with Crippen LogP contribution < -0.4 is 0 Å². The molecule has 0 saturated carbocycles. The van der Waals surface area contributed by atoms with Crippen LogP contribution in [0.2, 0.25) is 0 Å². The van der Waals surface area contributed by atoms with Gasteiger partial charge in [-0.05, 0) is 31.0 Å². The van der Waals surface area contributed by atoms with Gasteiger partial charge in [-0.15, -0.1) is 0 Å². The van der Waals surface area contributed by atoms with E-state index >= 15 is 0 Å². The predicted octanol–water partition coefficient (Wildman–Crippen LogP) is 2.06. The molecule has 0 unspecified atom stereocenters. The van der Waals surface area contributed by atoms with Crippen molar-refractivity contribution in [1.29, 1.82) is 0 Å². The third kappa shape index (κ3) is 1.46. The molecule has 1 aromatic carbocycles. The molecule has 1 amide bonds. The molecule has 0 bridgehead atoms. The molecule has 1 aliphatic heterocycles. The first-order valence-electron chi connectivity index (χ1n) is 5.47. The number of likely N-dealkylation sites (tertiary alicyclic amines) is 1. The second-order valence-corrected chi connectivity index (χ2v) is 4.03. The van der Waals surface area contributed by atoms with E-state index in [1.807, 2.05) is 17.0 Å². The van der Waals surface area contributed by atoms with E-state index in [-0.39, 0.29) is 5.91 Å². The number of hydrogen-bond acceptors (Lipinski definition) is 3. The van der Waals surface area contributed by atoms with Crippen molar-refractivity contribution >= 4 is 17.0 Å². The number of rotatable bonds is 1. The lowest BCUT2D eigenvalue weighted by molar-refractivity contribution is 0.0793. The number of fused-ring (bicyclic) bond motifs is 1. The molecule has 2 aromatic rings. The van der Waals surface area contributed by atoms with Crippen LogP contribution in [0.3, 0.4) is 0 Å². The van der Waals surface area contributed by atoms with Crippen molar-refractivity contribution < 1.29 is 9.21 Å². The molecule has 1 saturated heterocycles. The zero-order chi connectivity index (χ0) is 11.0. The van der Waals surface area contributed by atoms with Gasteiger partial charge in [-0.3, -0.25) is 4.79 Å². The molecule has 4 nitrogen and oxygen atoms in total. The minimum atomic E-state index is 0.0933. The number of carbonyl (C=O) groups excluding carboxylic acids is 1. The van der Waals surface area contributed by atoms with Crippen molar-refractivity contribution in [2.45, 2.75) is 12.8 Å². The summed E-state index contributed by atoms with van der Waals surface area (Å²) in [5.74, 6) is 0.0933. The molecule has 16 heavy (non-hydrogen) atoms. The van der Waals surface area contributed by atoms with Gasteiger partial charge in [0.1, 0.15) is 5.52 Å². The Morgan fingerprint density at radius 2 is 2.12 bits per heavy atom. The maximum absolute atomic E-state index is 12.1. The lowest BCUT2D eigenvalue weighted by atomic mass is 10.2. The Kier molecular flexibility index (Phi) is 2.13. The summed E-state index contributed by atoms with van der Waals surface area (Å²) in [6.07, 6.45) is 3.61. The molecule has 0 N–H and O–H groups in total. The zero-order valence-corrected chi connectivity index (χ0v) is 8.85. The fraction of sp³-hybridized carbons (Fsp3) is 0.333. The SMILES string of the molecule is O=C(c1ccc2ncoc2c1)N1CCCC1. The molecule has 4 heteroatoms. The first-order valence-corrected chi connectivity index (χ1v) is 5.47. The average molecular weight is 216 g/mol. The van der Waals surface area contributed by atoms with Crippen molar-refractivity contribution in [2.24, 2.45) is 0 Å². The average Bonchev–Trinajstić information content (AvgIpc) is 2.98. The van der Waals surface area contributed by atoms with Crippen molar-refractivity contribution in [3.05, 3.63) is 30.2 Å². The highest BCUT2D eigenvalue weighted by Crippen LogP contribution is 2.17. The number of oxazole rings is 1. The van der Waals surface area contributed by atoms with Gasteiger partial charge in [-0.25, -0.2) is 4.98 Å². The summed E-state index contributed by atoms with van der Waals surface area (Å²) in [5, 5.41) is 0. The summed E-state index contributed by atoms with van der Waals surface area (Å²) in [5.41, 5.74) is 2.15. The zero-order valence-electron chi connectivity index (χ0n) is 8.85. The van der Waals surface area contributed by atoms with E-state index in [0.29, 0.717) is 11.1 Å². The number of hydrogen-bond donors (Lipinski definition) is 0. The second-order valence-electron chi connectivity index (χ2n) is 4.03. The van der Waals surface area contributed by atoms with Gasteiger partial charge in [0.2, 0.25) is 0 Å². The van der Waals surface area contributed by atoms with E-state index in [9.17, 15) is 4.79 Å². The number of amides is 1. The largest absolute Gasteiger partial charge is 0.443 e. The number of aromatic nitrogens is 1. The Morgan fingerprint density at radius 1 is 1.31 bits per heavy atom. The minimum Gasteiger partial charge on any atom is -0.443 e. The Morgan fingerprint density at radius 3 is 2.94 bits per heavy atom. The van der Waals surface area contributed by atoms with Gasteiger partial charge in [-0.1, -0.05) is 0 Å². The van der Waals surface area contributed by atoms with Crippen LogP contribution >= 0.6 is 0 Å². The fourth-order valence-corrected chi connectivity index (χ4v) is 2.09. The van der Waals surface area contributed by atoms with Crippen LogP contribution in [0.5, 0.6) is 0 Å².